The zero-order chi connectivity index (χ0) is 14.0. The molecule has 19 heavy (non-hydrogen) atoms. The van der Waals surface area contributed by atoms with Crippen LogP contribution in [0.3, 0.4) is 0 Å². The normalized spacial score (nSPS) is 15.4. The summed E-state index contributed by atoms with van der Waals surface area (Å²) in [7, 11) is 1.32. The lowest BCUT2D eigenvalue weighted by Crippen LogP contribution is -2.34. The zero-order valence-corrected chi connectivity index (χ0v) is 10.9. The van der Waals surface area contributed by atoms with Crippen LogP contribution < -0.4 is 0 Å². The van der Waals surface area contributed by atoms with Gasteiger partial charge >= 0.3 is 5.97 Å². The van der Waals surface area contributed by atoms with Crippen LogP contribution in [-0.4, -0.2) is 36.3 Å². The number of benzene rings is 1. The van der Waals surface area contributed by atoms with Gasteiger partial charge in [-0.05, 0) is 18.1 Å². The van der Waals surface area contributed by atoms with E-state index < -0.39 is 0 Å². The largest absolute Gasteiger partial charge is 0.469 e. The first-order chi connectivity index (χ1) is 9.04. The Hall–Kier alpha value is -2.17. The lowest BCUT2D eigenvalue weighted by molar-refractivity contribution is -0.141. The number of carbonyl (C=O) groups is 3. The highest BCUT2D eigenvalue weighted by atomic mass is 16.5. The average Bonchev–Trinajstić information content (AvgIpc) is 2.64. The molecule has 0 saturated carbocycles. The summed E-state index contributed by atoms with van der Waals surface area (Å²) in [5, 5.41) is 0. The molecule has 1 aromatic rings. The summed E-state index contributed by atoms with van der Waals surface area (Å²) in [5.74, 6) is -1.06. The van der Waals surface area contributed by atoms with E-state index in [1.807, 2.05) is 0 Å². The fourth-order valence-corrected chi connectivity index (χ4v) is 2.15. The van der Waals surface area contributed by atoms with Gasteiger partial charge in [0, 0.05) is 13.0 Å². The first-order valence-corrected chi connectivity index (χ1v) is 6.06. The number of esters is 1. The minimum Gasteiger partial charge on any atom is -0.469 e. The summed E-state index contributed by atoms with van der Waals surface area (Å²) in [4.78, 5) is 36.5. The highest BCUT2D eigenvalue weighted by Crippen LogP contribution is 2.23. The van der Waals surface area contributed by atoms with Gasteiger partial charge in [0.2, 0.25) is 0 Å². The number of nitrogens with zero attached hydrogens (tertiary/aromatic N) is 1. The molecule has 0 radical (unpaired) electrons. The van der Waals surface area contributed by atoms with Crippen LogP contribution in [0.4, 0.5) is 0 Å². The van der Waals surface area contributed by atoms with E-state index in [1.54, 1.807) is 31.2 Å². The van der Waals surface area contributed by atoms with E-state index in [0.717, 1.165) is 0 Å². The summed E-state index contributed by atoms with van der Waals surface area (Å²) in [6, 6.07) is 6.73. The number of hydrogen-bond acceptors (Lipinski definition) is 4. The molecule has 1 aliphatic heterocycles. The Balaban J connectivity index is 2.10. The molecule has 1 atom stereocenters. The molecule has 1 unspecified atom stereocenters. The molecule has 5 nitrogen and oxygen atoms in total. The topological polar surface area (TPSA) is 63.7 Å². The molecular weight excluding hydrogens is 246 g/mol. The van der Waals surface area contributed by atoms with E-state index in [-0.39, 0.29) is 36.7 Å². The smallest absolute Gasteiger partial charge is 0.305 e. The number of rotatable bonds is 4. The maximum absolute atomic E-state index is 12.1. The van der Waals surface area contributed by atoms with Gasteiger partial charge in [0.25, 0.3) is 11.8 Å². The van der Waals surface area contributed by atoms with Gasteiger partial charge in [-0.25, -0.2) is 0 Å². The van der Waals surface area contributed by atoms with Crippen LogP contribution >= 0.6 is 0 Å². The Morgan fingerprint density at radius 1 is 1.21 bits per heavy atom. The minimum atomic E-state index is -0.343. The maximum Gasteiger partial charge on any atom is 0.305 e. The van der Waals surface area contributed by atoms with Crippen LogP contribution in [0.2, 0.25) is 0 Å². The predicted octanol–water partition coefficient (Wildman–Crippen LogP) is 1.48. The standard InChI is InChI=1S/C14H15NO4/c1-9(7-12(16)19-2)8-15-13(17)10-5-3-4-6-11(10)14(15)18/h3-6,9H,7-8H2,1-2H3. The molecule has 0 spiro atoms. The molecule has 2 rings (SSSR count). The van der Waals surface area contributed by atoms with Crippen molar-refractivity contribution in [2.45, 2.75) is 13.3 Å². The molecule has 0 aromatic heterocycles. The van der Waals surface area contributed by atoms with Crippen molar-refractivity contribution in [2.24, 2.45) is 5.92 Å². The monoisotopic (exact) mass is 261 g/mol. The second-order valence-corrected chi connectivity index (χ2v) is 4.65. The molecular formula is C14H15NO4. The second-order valence-electron chi connectivity index (χ2n) is 4.65. The molecule has 0 saturated heterocycles. The van der Waals surface area contributed by atoms with E-state index in [4.69, 9.17) is 0 Å². The number of hydrogen-bond donors (Lipinski definition) is 0. The zero-order valence-electron chi connectivity index (χ0n) is 10.9. The quantitative estimate of drug-likeness (QED) is 0.608. The van der Waals surface area contributed by atoms with Gasteiger partial charge in [-0.15, -0.1) is 0 Å². The summed E-state index contributed by atoms with van der Waals surface area (Å²) in [6.45, 7) is 2.03. The average molecular weight is 261 g/mol. The van der Waals surface area contributed by atoms with Gasteiger partial charge in [0.1, 0.15) is 0 Å². The summed E-state index contributed by atoms with van der Waals surface area (Å²) in [5.41, 5.74) is 0.857. The number of carbonyl (C=O) groups excluding carboxylic acids is 3. The van der Waals surface area contributed by atoms with Gasteiger partial charge in [-0.1, -0.05) is 19.1 Å². The highest BCUT2D eigenvalue weighted by molar-refractivity contribution is 6.21. The van der Waals surface area contributed by atoms with Crippen LogP contribution in [0.25, 0.3) is 0 Å². The van der Waals surface area contributed by atoms with E-state index in [9.17, 15) is 14.4 Å². The van der Waals surface area contributed by atoms with Crippen molar-refractivity contribution in [3.8, 4) is 0 Å². The third-order valence-electron chi connectivity index (χ3n) is 3.12. The molecule has 100 valence electrons. The fourth-order valence-electron chi connectivity index (χ4n) is 2.15. The van der Waals surface area contributed by atoms with Gasteiger partial charge in [0.05, 0.1) is 18.2 Å². The second kappa shape index (κ2) is 5.22. The highest BCUT2D eigenvalue weighted by Gasteiger charge is 2.35. The predicted molar refractivity (Wildman–Crippen MR) is 67.6 cm³/mol. The van der Waals surface area contributed by atoms with Crippen molar-refractivity contribution in [3.63, 3.8) is 0 Å². The number of amides is 2. The molecule has 5 heteroatoms. The summed E-state index contributed by atoms with van der Waals surface area (Å²) < 4.78 is 4.57. The molecule has 1 heterocycles. The molecule has 2 amide bonds. The third-order valence-corrected chi connectivity index (χ3v) is 3.12. The lowest BCUT2D eigenvalue weighted by atomic mass is 10.1. The van der Waals surface area contributed by atoms with Crippen LogP contribution in [0.15, 0.2) is 24.3 Å². The number of methoxy groups -OCH3 is 1. The minimum absolute atomic E-state index is 0.130. The number of imide groups is 1. The van der Waals surface area contributed by atoms with E-state index >= 15 is 0 Å². The van der Waals surface area contributed by atoms with Gasteiger partial charge < -0.3 is 4.74 Å². The van der Waals surface area contributed by atoms with Crippen molar-refractivity contribution in [1.82, 2.24) is 4.90 Å². The molecule has 1 aliphatic rings. The third kappa shape index (κ3) is 2.50. The van der Waals surface area contributed by atoms with Crippen molar-refractivity contribution in [3.05, 3.63) is 35.4 Å². The van der Waals surface area contributed by atoms with E-state index in [2.05, 4.69) is 4.74 Å². The Kier molecular flexibility index (Phi) is 3.64. The van der Waals surface area contributed by atoms with E-state index in [1.165, 1.54) is 12.0 Å². The van der Waals surface area contributed by atoms with Crippen LogP contribution in [-0.2, 0) is 9.53 Å². The van der Waals surface area contributed by atoms with Gasteiger partial charge in [0.15, 0.2) is 0 Å². The molecule has 0 N–H and O–H groups in total. The van der Waals surface area contributed by atoms with Crippen molar-refractivity contribution >= 4 is 17.8 Å². The van der Waals surface area contributed by atoms with Crippen LogP contribution in [0.1, 0.15) is 34.1 Å². The Bertz CT molecular complexity index is 503. The molecule has 0 bridgehead atoms. The molecule has 0 fully saturated rings. The number of fused-ring (bicyclic) bond motifs is 1. The van der Waals surface area contributed by atoms with Gasteiger partial charge in [-0.2, -0.15) is 0 Å². The van der Waals surface area contributed by atoms with Crippen LogP contribution in [0.5, 0.6) is 0 Å². The van der Waals surface area contributed by atoms with Crippen molar-refractivity contribution < 1.29 is 19.1 Å². The number of ether oxygens (including phenoxy) is 1. The maximum atomic E-state index is 12.1. The Morgan fingerprint density at radius 2 is 1.74 bits per heavy atom. The van der Waals surface area contributed by atoms with Crippen molar-refractivity contribution in [2.75, 3.05) is 13.7 Å². The molecule has 1 aromatic carbocycles. The van der Waals surface area contributed by atoms with Crippen LogP contribution in [0, 0.1) is 5.92 Å². The summed E-state index contributed by atoms with van der Waals surface area (Å²) in [6.07, 6.45) is 0.184. The fraction of sp³-hybridized carbons (Fsp3) is 0.357. The summed E-state index contributed by atoms with van der Waals surface area (Å²) >= 11 is 0. The SMILES string of the molecule is COC(=O)CC(C)CN1C(=O)c2ccccc2C1=O. The Labute approximate surface area is 111 Å². The Morgan fingerprint density at radius 3 is 2.21 bits per heavy atom. The van der Waals surface area contributed by atoms with Gasteiger partial charge in [-0.3, -0.25) is 19.3 Å². The van der Waals surface area contributed by atoms with E-state index in [0.29, 0.717) is 11.1 Å². The molecule has 0 aliphatic carbocycles. The lowest BCUT2D eigenvalue weighted by Gasteiger charge is -2.18. The first-order valence-electron chi connectivity index (χ1n) is 6.06. The first kappa shape index (κ1) is 13.3. The van der Waals surface area contributed by atoms with Crippen molar-refractivity contribution in [1.29, 1.82) is 0 Å².